The smallest absolute Gasteiger partial charge is 0.411 e. The molecular formula is C25H25FN2O3. The molecule has 0 unspecified atom stereocenters. The first-order valence-corrected chi connectivity index (χ1v) is 10.4. The van der Waals surface area contributed by atoms with Gasteiger partial charge >= 0.3 is 6.09 Å². The molecule has 2 atom stereocenters. The SMILES string of the molecule is C[C@@H](c1ccc(-c2ccccn2)cc1)N1CC[C@](CCO)(c2ccc(F)cc2)OC1=O. The van der Waals surface area contributed by atoms with Crippen LogP contribution in [-0.4, -0.2) is 34.2 Å². The summed E-state index contributed by atoms with van der Waals surface area (Å²) in [5.41, 5.74) is 2.65. The highest BCUT2D eigenvalue weighted by atomic mass is 19.1. The lowest BCUT2D eigenvalue weighted by Gasteiger charge is -2.43. The molecule has 2 aromatic carbocycles. The van der Waals surface area contributed by atoms with Crippen LogP contribution in [-0.2, 0) is 10.3 Å². The van der Waals surface area contributed by atoms with E-state index in [-0.39, 0.29) is 24.9 Å². The van der Waals surface area contributed by atoms with Crippen LogP contribution >= 0.6 is 0 Å². The summed E-state index contributed by atoms with van der Waals surface area (Å²) in [6.45, 7) is 2.31. The number of aliphatic hydroxyl groups excluding tert-OH is 1. The minimum Gasteiger partial charge on any atom is -0.438 e. The Kier molecular flexibility index (Phi) is 6.00. The van der Waals surface area contributed by atoms with Crippen LogP contribution in [0.1, 0.15) is 36.9 Å². The zero-order valence-electron chi connectivity index (χ0n) is 17.4. The zero-order chi connectivity index (χ0) is 21.8. The highest BCUT2D eigenvalue weighted by Gasteiger charge is 2.43. The molecule has 4 rings (SSSR count). The van der Waals surface area contributed by atoms with Gasteiger partial charge in [-0.05, 0) is 42.3 Å². The summed E-state index contributed by atoms with van der Waals surface area (Å²) in [6.07, 6.45) is 2.10. The van der Waals surface area contributed by atoms with E-state index in [9.17, 15) is 14.3 Å². The van der Waals surface area contributed by atoms with Crippen LogP contribution in [0.2, 0.25) is 0 Å². The monoisotopic (exact) mass is 420 g/mol. The summed E-state index contributed by atoms with van der Waals surface area (Å²) in [7, 11) is 0. The molecule has 2 heterocycles. The van der Waals surface area contributed by atoms with E-state index in [1.54, 1.807) is 23.2 Å². The second-order valence-corrected chi connectivity index (χ2v) is 7.80. The number of hydrogen-bond acceptors (Lipinski definition) is 4. The number of pyridine rings is 1. The van der Waals surface area contributed by atoms with Gasteiger partial charge in [0.2, 0.25) is 0 Å². The van der Waals surface area contributed by atoms with Crippen molar-refractivity contribution in [2.24, 2.45) is 0 Å². The maximum Gasteiger partial charge on any atom is 0.411 e. The van der Waals surface area contributed by atoms with Gasteiger partial charge in [-0.3, -0.25) is 4.98 Å². The normalized spacial score (nSPS) is 19.7. The zero-order valence-corrected chi connectivity index (χ0v) is 17.4. The Morgan fingerprint density at radius 3 is 2.48 bits per heavy atom. The van der Waals surface area contributed by atoms with Crippen LogP contribution in [0.15, 0.2) is 72.9 Å². The number of benzene rings is 2. The van der Waals surface area contributed by atoms with Gasteiger partial charge in [0.1, 0.15) is 11.4 Å². The summed E-state index contributed by atoms with van der Waals surface area (Å²) >= 11 is 0. The van der Waals surface area contributed by atoms with Gasteiger partial charge in [0.25, 0.3) is 0 Å². The lowest BCUT2D eigenvalue weighted by molar-refractivity contribution is -0.0718. The summed E-state index contributed by atoms with van der Waals surface area (Å²) in [5, 5.41) is 9.57. The van der Waals surface area contributed by atoms with Crippen molar-refractivity contribution < 1.29 is 19.0 Å². The number of carbonyl (C=O) groups excluding carboxylic acids is 1. The van der Waals surface area contributed by atoms with Crippen LogP contribution < -0.4 is 0 Å². The van der Waals surface area contributed by atoms with Crippen LogP contribution in [0.3, 0.4) is 0 Å². The largest absolute Gasteiger partial charge is 0.438 e. The van der Waals surface area contributed by atoms with Gasteiger partial charge in [-0.25, -0.2) is 9.18 Å². The van der Waals surface area contributed by atoms with Crippen molar-refractivity contribution in [2.75, 3.05) is 13.2 Å². The van der Waals surface area contributed by atoms with Crippen molar-refractivity contribution in [1.29, 1.82) is 0 Å². The van der Waals surface area contributed by atoms with Crippen molar-refractivity contribution >= 4 is 6.09 Å². The fraction of sp³-hybridized carbons (Fsp3) is 0.280. The molecule has 0 bridgehead atoms. The van der Waals surface area contributed by atoms with Crippen molar-refractivity contribution in [3.63, 3.8) is 0 Å². The summed E-state index contributed by atoms with van der Waals surface area (Å²) in [6, 6.07) is 19.5. The molecule has 1 aromatic heterocycles. The van der Waals surface area contributed by atoms with E-state index in [0.717, 1.165) is 16.8 Å². The molecule has 1 N–H and O–H groups in total. The number of halogens is 1. The van der Waals surface area contributed by atoms with E-state index in [1.807, 2.05) is 49.4 Å². The molecule has 1 aliphatic heterocycles. The quantitative estimate of drug-likeness (QED) is 0.605. The Hall–Kier alpha value is -3.25. The number of nitrogens with zero attached hydrogens (tertiary/aromatic N) is 2. The Morgan fingerprint density at radius 1 is 1.13 bits per heavy atom. The van der Waals surface area contributed by atoms with Gasteiger partial charge in [-0.15, -0.1) is 0 Å². The molecule has 31 heavy (non-hydrogen) atoms. The molecular weight excluding hydrogens is 395 g/mol. The van der Waals surface area contributed by atoms with E-state index < -0.39 is 11.7 Å². The van der Waals surface area contributed by atoms with E-state index in [0.29, 0.717) is 18.5 Å². The van der Waals surface area contributed by atoms with E-state index in [2.05, 4.69) is 4.98 Å². The van der Waals surface area contributed by atoms with Crippen LogP contribution in [0.25, 0.3) is 11.3 Å². The third-order valence-electron chi connectivity index (χ3n) is 5.98. The minimum absolute atomic E-state index is 0.130. The molecule has 1 amide bonds. The molecule has 6 heteroatoms. The number of hydrogen-bond donors (Lipinski definition) is 1. The van der Waals surface area contributed by atoms with E-state index >= 15 is 0 Å². The Bertz CT molecular complexity index is 1020. The van der Waals surface area contributed by atoms with Gasteiger partial charge < -0.3 is 14.7 Å². The fourth-order valence-corrected chi connectivity index (χ4v) is 4.12. The lowest BCUT2D eigenvalue weighted by Crippen LogP contribution is -2.49. The predicted octanol–water partition coefficient (Wildman–Crippen LogP) is 5.07. The van der Waals surface area contributed by atoms with E-state index in [4.69, 9.17) is 4.74 Å². The third kappa shape index (κ3) is 4.30. The number of carbonyl (C=O) groups is 1. The van der Waals surface area contributed by atoms with Gasteiger partial charge in [-0.1, -0.05) is 42.5 Å². The molecule has 1 fully saturated rings. The summed E-state index contributed by atoms with van der Waals surface area (Å²) < 4.78 is 19.2. The average molecular weight is 420 g/mol. The van der Waals surface area contributed by atoms with Crippen molar-refractivity contribution in [1.82, 2.24) is 9.88 Å². The van der Waals surface area contributed by atoms with Crippen molar-refractivity contribution in [2.45, 2.75) is 31.4 Å². The Labute approximate surface area is 181 Å². The number of ether oxygens (including phenoxy) is 1. The molecule has 3 aromatic rings. The molecule has 0 spiro atoms. The maximum atomic E-state index is 13.4. The Balaban J connectivity index is 1.51. The second-order valence-electron chi connectivity index (χ2n) is 7.80. The van der Waals surface area contributed by atoms with Crippen molar-refractivity contribution in [3.05, 3.63) is 89.9 Å². The maximum absolute atomic E-state index is 13.4. The first kappa shape index (κ1) is 21.0. The molecule has 5 nitrogen and oxygen atoms in total. The van der Waals surface area contributed by atoms with Gasteiger partial charge in [0, 0.05) is 37.8 Å². The van der Waals surface area contributed by atoms with Gasteiger partial charge in [0.05, 0.1) is 11.7 Å². The first-order valence-electron chi connectivity index (χ1n) is 10.4. The summed E-state index contributed by atoms with van der Waals surface area (Å²) in [4.78, 5) is 19.0. The number of rotatable bonds is 6. The number of aliphatic hydroxyl groups is 1. The standard InChI is InChI=1S/C25H25FN2O3/c1-18(19-5-7-20(8-6-19)23-4-2-3-15-27-23)28-16-13-25(14-17-29,31-24(28)30)21-9-11-22(26)12-10-21/h2-12,15,18,29H,13-14,16-17H2,1H3/t18-,25-/m0/s1. The number of aromatic nitrogens is 1. The average Bonchev–Trinajstić information content (AvgIpc) is 2.80. The van der Waals surface area contributed by atoms with Gasteiger partial charge in [0.15, 0.2) is 0 Å². The molecule has 160 valence electrons. The van der Waals surface area contributed by atoms with Crippen molar-refractivity contribution in [3.8, 4) is 11.3 Å². The minimum atomic E-state index is -0.946. The molecule has 1 aliphatic rings. The van der Waals surface area contributed by atoms with Crippen LogP contribution in [0.5, 0.6) is 0 Å². The second kappa shape index (κ2) is 8.86. The highest BCUT2D eigenvalue weighted by Crippen LogP contribution is 2.39. The number of cyclic esters (lactones) is 1. The molecule has 1 saturated heterocycles. The van der Waals surface area contributed by atoms with Crippen LogP contribution in [0, 0.1) is 5.82 Å². The topological polar surface area (TPSA) is 62.7 Å². The number of amides is 1. The first-order chi connectivity index (χ1) is 15.0. The van der Waals surface area contributed by atoms with Crippen LogP contribution in [0.4, 0.5) is 9.18 Å². The van der Waals surface area contributed by atoms with Gasteiger partial charge in [-0.2, -0.15) is 0 Å². The molecule has 0 aliphatic carbocycles. The predicted molar refractivity (Wildman–Crippen MR) is 116 cm³/mol. The third-order valence-corrected chi connectivity index (χ3v) is 5.98. The fourth-order valence-electron chi connectivity index (χ4n) is 4.12. The summed E-state index contributed by atoms with van der Waals surface area (Å²) in [5.74, 6) is -0.352. The highest BCUT2D eigenvalue weighted by molar-refractivity contribution is 5.70. The molecule has 0 radical (unpaired) electrons. The molecule has 0 saturated carbocycles. The lowest BCUT2D eigenvalue weighted by atomic mass is 9.85. The Morgan fingerprint density at radius 2 is 1.87 bits per heavy atom. The van der Waals surface area contributed by atoms with E-state index in [1.165, 1.54) is 12.1 Å².